The van der Waals surface area contributed by atoms with Crippen LogP contribution in [0.4, 0.5) is 0 Å². The van der Waals surface area contributed by atoms with Gasteiger partial charge in [-0.2, -0.15) is 0 Å². The van der Waals surface area contributed by atoms with Crippen LogP contribution in [0.1, 0.15) is 24.7 Å². The zero-order valence-corrected chi connectivity index (χ0v) is 13.8. The van der Waals surface area contributed by atoms with E-state index in [9.17, 15) is 4.79 Å². The minimum absolute atomic E-state index is 0.129. The second-order valence-electron chi connectivity index (χ2n) is 5.07. The molecule has 0 heterocycles. The molecule has 2 rings (SSSR count). The van der Waals surface area contributed by atoms with Crippen LogP contribution in [0.5, 0.6) is 5.75 Å². The standard InChI is InChI=1S/C18H20O3S/c1-13(2)21-18(19)17(14-7-5-4-6-8-14)22-16-11-9-15(20-3)10-12-16/h4-13,17H,1-3H3. The number of rotatable bonds is 6. The van der Waals surface area contributed by atoms with E-state index < -0.39 is 0 Å². The predicted molar refractivity (Wildman–Crippen MR) is 89.3 cm³/mol. The third-order valence-electron chi connectivity index (χ3n) is 2.98. The summed E-state index contributed by atoms with van der Waals surface area (Å²) in [5.41, 5.74) is 0.939. The molecule has 1 unspecified atom stereocenters. The lowest BCUT2D eigenvalue weighted by Gasteiger charge is -2.18. The molecule has 0 spiro atoms. The van der Waals surface area contributed by atoms with Crippen molar-refractivity contribution in [1.82, 2.24) is 0 Å². The normalized spacial score (nSPS) is 12.0. The van der Waals surface area contributed by atoms with Crippen molar-refractivity contribution >= 4 is 17.7 Å². The van der Waals surface area contributed by atoms with Crippen molar-refractivity contribution in [1.29, 1.82) is 0 Å². The zero-order valence-electron chi connectivity index (χ0n) is 13.0. The van der Waals surface area contributed by atoms with Gasteiger partial charge in [-0.25, -0.2) is 0 Å². The third-order valence-corrected chi connectivity index (χ3v) is 4.23. The summed E-state index contributed by atoms with van der Waals surface area (Å²) in [5, 5.41) is -0.378. The molecule has 4 heteroatoms. The van der Waals surface area contributed by atoms with Gasteiger partial charge in [0.1, 0.15) is 11.0 Å². The van der Waals surface area contributed by atoms with E-state index in [0.717, 1.165) is 16.2 Å². The van der Waals surface area contributed by atoms with E-state index in [1.54, 1.807) is 7.11 Å². The van der Waals surface area contributed by atoms with Gasteiger partial charge in [-0.15, -0.1) is 11.8 Å². The first-order chi connectivity index (χ1) is 10.6. The van der Waals surface area contributed by atoms with Crippen LogP contribution in [0.25, 0.3) is 0 Å². The summed E-state index contributed by atoms with van der Waals surface area (Å²) in [6.07, 6.45) is -0.129. The molecule has 22 heavy (non-hydrogen) atoms. The molecule has 3 nitrogen and oxygen atoms in total. The monoisotopic (exact) mass is 316 g/mol. The smallest absolute Gasteiger partial charge is 0.324 e. The first kappa shape index (κ1) is 16.4. The summed E-state index contributed by atoms with van der Waals surface area (Å²) in [6.45, 7) is 3.72. The highest BCUT2D eigenvalue weighted by molar-refractivity contribution is 8.00. The first-order valence-electron chi connectivity index (χ1n) is 7.16. The molecule has 0 radical (unpaired) electrons. The number of hydrogen-bond donors (Lipinski definition) is 0. The molecule has 0 bridgehead atoms. The SMILES string of the molecule is COc1ccc(SC(C(=O)OC(C)C)c2ccccc2)cc1. The molecule has 1 atom stereocenters. The maximum absolute atomic E-state index is 12.4. The summed E-state index contributed by atoms with van der Waals surface area (Å²) >= 11 is 1.48. The maximum atomic E-state index is 12.4. The highest BCUT2D eigenvalue weighted by atomic mass is 32.2. The number of methoxy groups -OCH3 is 1. The summed E-state index contributed by atoms with van der Waals surface area (Å²) < 4.78 is 10.6. The van der Waals surface area contributed by atoms with Gasteiger partial charge in [0.05, 0.1) is 13.2 Å². The van der Waals surface area contributed by atoms with Crippen molar-refractivity contribution in [2.24, 2.45) is 0 Å². The average molecular weight is 316 g/mol. The number of carbonyl (C=O) groups is 1. The molecule has 0 N–H and O–H groups in total. The Morgan fingerprint density at radius 1 is 1.00 bits per heavy atom. The molecule has 0 saturated carbocycles. The second-order valence-corrected chi connectivity index (χ2v) is 6.25. The maximum Gasteiger partial charge on any atom is 0.324 e. The number of carbonyl (C=O) groups excluding carboxylic acids is 1. The van der Waals surface area contributed by atoms with Gasteiger partial charge in [0, 0.05) is 4.90 Å². The van der Waals surface area contributed by atoms with Gasteiger partial charge >= 0.3 is 5.97 Å². The van der Waals surface area contributed by atoms with Crippen LogP contribution in [-0.4, -0.2) is 19.2 Å². The molecule has 0 aliphatic heterocycles. The Balaban J connectivity index is 2.22. The Labute approximate surface area is 135 Å². The largest absolute Gasteiger partial charge is 0.497 e. The molecule has 0 aliphatic carbocycles. The van der Waals surface area contributed by atoms with Crippen LogP contribution in [0.15, 0.2) is 59.5 Å². The van der Waals surface area contributed by atoms with Gasteiger partial charge in [0.15, 0.2) is 0 Å². The fourth-order valence-corrected chi connectivity index (χ4v) is 2.97. The highest BCUT2D eigenvalue weighted by Crippen LogP contribution is 2.37. The van der Waals surface area contributed by atoms with Crippen molar-refractivity contribution in [2.75, 3.05) is 7.11 Å². The topological polar surface area (TPSA) is 35.5 Å². The fourth-order valence-electron chi connectivity index (χ4n) is 1.96. The van der Waals surface area contributed by atoms with Crippen LogP contribution in [-0.2, 0) is 9.53 Å². The lowest BCUT2D eigenvalue weighted by Crippen LogP contribution is -2.17. The van der Waals surface area contributed by atoms with Gasteiger partial charge < -0.3 is 9.47 Å². The van der Waals surface area contributed by atoms with E-state index in [4.69, 9.17) is 9.47 Å². The average Bonchev–Trinajstić information content (AvgIpc) is 2.53. The molecule has 0 saturated heterocycles. The van der Waals surface area contributed by atoms with Gasteiger partial charge in [-0.1, -0.05) is 30.3 Å². The van der Waals surface area contributed by atoms with Gasteiger partial charge in [0.25, 0.3) is 0 Å². The van der Waals surface area contributed by atoms with Crippen LogP contribution >= 0.6 is 11.8 Å². The molecule has 116 valence electrons. The molecule has 0 aliphatic rings. The van der Waals surface area contributed by atoms with Crippen molar-refractivity contribution in [3.63, 3.8) is 0 Å². The molecule has 0 aromatic heterocycles. The minimum atomic E-state index is -0.378. The van der Waals surface area contributed by atoms with E-state index in [2.05, 4.69) is 0 Å². The minimum Gasteiger partial charge on any atom is -0.497 e. The molecule has 2 aromatic carbocycles. The Kier molecular flexibility index (Phi) is 5.90. The van der Waals surface area contributed by atoms with Gasteiger partial charge in [-0.3, -0.25) is 4.79 Å². The quantitative estimate of drug-likeness (QED) is 0.581. The fraction of sp³-hybridized carbons (Fsp3) is 0.278. The van der Waals surface area contributed by atoms with Crippen LogP contribution in [0.3, 0.4) is 0 Å². The number of benzene rings is 2. The Hall–Kier alpha value is -1.94. The number of thioether (sulfide) groups is 1. The number of hydrogen-bond acceptors (Lipinski definition) is 4. The van der Waals surface area contributed by atoms with E-state index in [-0.39, 0.29) is 17.3 Å². The van der Waals surface area contributed by atoms with E-state index in [1.807, 2.05) is 68.4 Å². The van der Waals surface area contributed by atoms with Gasteiger partial charge in [-0.05, 0) is 43.7 Å². The lowest BCUT2D eigenvalue weighted by molar-refractivity contribution is -0.146. The predicted octanol–water partition coefficient (Wildman–Crippen LogP) is 4.48. The van der Waals surface area contributed by atoms with E-state index >= 15 is 0 Å². The van der Waals surface area contributed by atoms with Crippen molar-refractivity contribution in [2.45, 2.75) is 30.1 Å². The molecular formula is C18H20O3S. The molecule has 2 aromatic rings. The Bertz CT molecular complexity index is 593. The van der Waals surface area contributed by atoms with E-state index in [1.165, 1.54) is 11.8 Å². The van der Waals surface area contributed by atoms with Crippen molar-refractivity contribution < 1.29 is 14.3 Å². The van der Waals surface area contributed by atoms with E-state index in [0.29, 0.717) is 0 Å². The zero-order chi connectivity index (χ0) is 15.9. The summed E-state index contributed by atoms with van der Waals surface area (Å²) in [7, 11) is 1.63. The third kappa shape index (κ3) is 4.53. The Morgan fingerprint density at radius 2 is 1.64 bits per heavy atom. The van der Waals surface area contributed by atoms with Crippen molar-refractivity contribution in [3.05, 3.63) is 60.2 Å². The Morgan fingerprint density at radius 3 is 2.18 bits per heavy atom. The molecule has 0 amide bonds. The molecule has 0 fully saturated rings. The van der Waals surface area contributed by atoms with Crippen LogP contribution in [0.2, 0.25) is 0 Å². The highest BCUT2D eigenvalue weighted by Gasteiger charge is 2.24. The van der Waals surface area contributed by atoms with Gasteiger partial charge in [0.2, 0.25) is 0 Å². The summed E-state index contributed by atoms with van der Waals surface area (Å²) in [5.74, 6) is 0.576. The van der Waals surface area contributed by atoms with Crippen molar-refractivity contribution in [3.8, 4) is 5.75 Å². The summed E-state index contributed by atoms with van der Waals surface area (Å²) in [6, 6.07) is 17.4. The van der Waals surface area contributed by atoms with Crippen LogP contribution in [0, 0.1) is 0 Å². The summed E-state index contributed by atoms with van der Waals surface area (Å²) in [4.78, 5) is 13.4. The number of esters is 1. The second kappa shape index (κ2) is 7.90. The van der Waals surface area contributed by atoms with Crippen LogP contribution < -0.4 is 4.74 Å². The lowest BCUT2D eigenvalue weighted by atomic mass is 10.1. The first-order valence-corrected chi connectivity index (χ1v) is 8.04. The molecular weight excluding hydrogens is 296 g/mol. The number of ether oxygens (including phenoxy) is 2.